The molecule has 7 nitrogen and oxygen atoms in total. The average Bonchev–Trinajstić information content (AvgIpc) is 3.44. The monoisotopic (exact) mass is 530 g/mol. The highest BCUT2D eigenvalue weighted by Gasteiger charge is 2.26. The van der Waals surface area contributed by atoms with Gasteiger partial charge in [-0.15, -0.1) is 11.3 Å². The Hall–Kier alpha value is -2.79. The summed E-state index contributed by atoms with van der Waals surface area (Å²) in [7, 11) is -3.79. The minimum absolute atomic E-state index is 0.183. The number of piperazine rings is 1. The maximum absolute atomic E-state index is 14.0. The van der Waals surface area contributed by atoms with Crippen molar-refractivity contribution in [3.63, 3.8) is 0 Å². The van der Waals surface area contributed by atoms with E-state index in [1.165, 1.54) is 12.1 Å². The summed E-state index contributed by atoms with van der Waals surface area (Å²) in [5.41, 5.74) is 1.51. The minimum Gasteiger partial charge on any atom is -0.367 e. The summed E-state index contributed by atoms with van der Waals surface area (Å²) in [6, 6.07) is 18.5. The molecule has 1 aliphatic heterocycles. The molecule has 1 fully saturated rings. The molecule has 1 aliphatic rings. The predicted octanol–water partition coefficient (Wildman–Crippen LogP) is 3.11. The predicted molar refractivity (Wildman–Crippen MR) is 141 cm³/mol. The van der Waals surface area contributed by atoms with Gasteiger partial charge < -0.3 is 10.2 Å². The molecule has 192 valence electrons. The molecule has 1 saturated heterocycles. The van der Waals surface area contributed by atoms with Crippen molar-refractivity contribution in [2.24, 2.45) is 0 Å². The molecule has 1 amide bonds. The van der Waals surface area contributed by atoms with Crippen LogP contribution in [0.2, 0.25) is 0 Å². The van der Waals surface area contributed by atoms with Crippen molar-refractivity contribution in [1.29, 1.82) is 0 Å². The summed E-state index contributed by atoms with van der Waals surface area (Å²) in [5.74, 6) is -0.545. The standard InChI is InChI=1S/C26H31FN4O3S2/c27-22-10-4-5-11-24(22)31-17-15-30(16-18-31)14-7-13-28-26(32)23(20-21-8-2-1-3-9-21)29-36(33,34)25-12-6-19-35-25/h1-6,8-12,19,23,29H,7,13-18,20H2,(H,28,32)/t23-/m0/s1. The summed E-state index contributed by atoms with van der Waals surface area (Å²) >= 11 is 1.11. The lowest BCUT2D eigenvalue weighted by Crippen LogP contribution is -2.49. The van der Waals surface area contributed by atoms with Crippen molar-refractivity contribution in [3.05, 3.63) is 83.5 Å². The first-order valence-corrected chi connectivity index (χ1v) is 14.4. The third-order valence-electron chi connectivity index (χ3n) is 6.17. The lowest BCUT2D eigenvalue weighted by Gasteiger charge is -2.36. The van der Waals surface area contributed by atoms with Crippen molar-refractivity contribution in [1.82, 2.24) is 14.9 Å². The SMILES string of the molecule is O=C(NCCCN1CCN(c2ccccc2F)CC1)[C@H](Cc1ccccc1)NS(=O)(=O)c1cccs1. The van der Waals surface area contributed by atoms with E-state index >= 15 is 0 Å². The van der Waals surface area contributed by atoms with Crippen LogP contribution in [0, 0.1) is 5.82 Å². The van der Waals surface area contributed by atoms with E-state index in [9.17, 15) is 17.6 Å². The first kappa shape index (κ1) is 26.3. The van der Waals surface area contributed by atoms with E-state index < -0.39 is 16.1 Å². The zero-order valence-corrected chi connectivity index (χ0v) is 21.6. The first-order chi connectivity index (χ1) is 17.4. The molecule has 0 aliphatic carbocycles. The molecule has 1 aromatic heterocycles. The van der Waals surface area contributed by atoms with Crippen LogP contribution in [0.4, 0.5) is 10.1 Å². The number of amides is 1. The molecule has 0 radical (unpaired) electrons. The van der Waals surface area contributed by atoms with Gasteiger partial charge in [0.2, 0.25) is 5.91 Å². The second-order valence-electron chi connectivity index (χ2n) is 8.72. The normalized spacial score (nSPS) is 15.5. The molecule has 0 unspecified atom stereocenters. The fraction of sp³-hybridized carbons (Fsp3) is 0.346. The Morgan fingerprint density at radius 1 is 0.972 bits per heavy atom. The van der Waals surface area contributed by atoms with Gasteiger partial charge in [0.25, 0.3) is 10.0 Å². The van der Waals surface area contributed by atoms with E-state index in [2.05, 4.69) is 19.8 Å². The molecule has 1 atom stereocenters. The van der Waals surface area contributed by atoms with Crippen LogP contribution in [-0.2, 0) is 21.2 Å². The third-order valence-corrected chi connectivity index (χ3v) is 9.04. The quantitative estimate of drug-likeness (QED) is 0.373. The lowest BCUT2D eigenvalue weighted by molar-refractivity contribution is -0.122. The number of benzene rings is 2. The Morgan fingerprint density at radius 2 is 1.69 bits per heavy atom. The number of hydrogen-bond acceptors (Lipinski definition) is 6. The van der Waals surface area contributed by atoms with Crippen molar-refractivity contribution in [2.45, 2.75) is 23.1 Å². The number of carbonyl (C=O) groups excluding carboxylic acids is 1. The Balaban J connectivity index is 1.26. The molecule has 2 N–H and O–H groups in total. The molecule has 0 spiro atoms. The van der Waals surface area contributed by atoms with Gasteiger partial charge >= 0.3 is 0 Å². The maximum atomic E-state index is 14.0. The second-order valence-corrected chi connectivity index (χ2v) is 11.6. The number of rotatable bonds is 11. The van der Waals surface area contributed by atoms with Gasteiger partial charge in [0, 0.05) is 32.7 Å². The molecule has 36 heavy (non-hydrogen) atoms. The van der Waals surface area contributed by atoms with Gasteiger partial charge in [-0.2, -0.15) is 4.72 Å². The molecular formula is C26H31FN4O3S2. The molecule has 2 heterocycles. The lowest BCUT2D eigenvalue weighted by atomic mass is 10.1. The fourth-order valence-electron chi connectivity index (χ4n) is 4.26. The van der Waals surface area contributed by atoms with Gasteiger partial charge in [-0.25, -0.2) is 12.8 Å². The second kappa shape index (κ2) is 12.4. The van der Waals surface area contributed by atoms with E-state index in [1.807, 2.05) is 36.4 Å². The minimum atomic E-state index is -3.79. The molecule has 4 rings (SSSR count). The number of hydrogen-bond donors (Lipinski definition) is 2. The van der Waals surface area contributed by atoms with Crippen molar-refractivity contribution in [3.8, 4) is 0 Å². The molecule has 3 aromatic rings. The number of thiophene rings is 1. The van der Waals surface area contributed by atoms with Crippen LogP contribution in [-0.4, -0.2) is 64.5 Å². The van der Waals surface area contributed by atoms with E-state index in [0.717, 1.165) is 56.0 Å². The third kappa shape index (κ3) is 7.13. The van der Waals surface area contributed by atoms with Gasteiger partial charge in [-0.3, -0.25) is 9.69 Å². The van der Waals surface area contributed by atoms with Crippen LogP contribution in [0.15, 0.2) is 76.3 Å². The smallest absolute Gasteiger partial charge is 0.250 e. The highest BCUT2D eigenvalue weighted by molar-refractivity contribution is 7.91. The van der Waals surface area contributed by atoms with Crippen LogP contribution >= 0.6 is 11.3 Å². The Kier molecular flexibility index (Phi) is 9.08. The van der Waals surface area contributed by atoms with E-state index in [4.69, 9.17) is 0 Å². The highest BCUT2D eigenvalue weighted by Crippen LogP contribution is 2.20. The Bertz CT molecular complexity index is 1220. The molecule has 0 bridgehead atoms. The largest absolute Gasteiger partial charge is 0.367 e. The number of para-hydroxylation sites is 1. The topological polar surface area (TPSA) is 81.8 Å². The van der Waals surface area contributed by atoms with Gasteiger partial charge in [0.15, 0.2) is 0 Å². The summed E-state index contributed by atoms with van der Waals surface area (Å²) < 4.78 is 42.4. The average molecular weight is 531 g/mol. The number of anilines is 1. The van der Waals surface area contributed by atoms with E-state index in [0.29, 0.717) is 12.2 Å². The van der Waals surface area contributed by atoms with E-state index in [1.54, 1.807) is 23.6 Å². The Labute approximate surface area is 216 Å². The summed E-state index contributed by atoms with van der Waals surface area (Å²) in [4.78, 5) is 17.3. The first-order valence-electron chi connectivity index (χ1n) is 12.0. The summed E-state index contributed by atoms with van der Waals surface area (Å²) in [6.45, 7) is 4.38. The zero-order valence-electron chi connectivity index (χ0n) is 20.0. The zero-order chi connectivity index (χ0) is 25.4. The maximum Gasteiger partial charge on any atom is 0.250 e. The van der Waals surface area contributed by atoms with E-state index in [-0.39, 0.29) is 22.4 Å². The number of nitrogens with one attached hydrogen (secondary N) is 2. The molecule has 10 heteroatoms. The van der Waals surface area contributed by atoms with Gasteiger partial charge in [0.1, 0.15) is 16.1 Å². The van der Waals surface area contributed by atoms with Gasteiger partial charge in [0.05, 0.1) is 5.69 Å². The van der Waals surface area contributed by atoms with Crippen LogP contribution in [0.1, 0.15) is 12.0 Å². The summed E-state index contributed by atoms with van der Waals surface area (Å²) in [5, 5.41) is 4.59. The van der Waals surface area contributed by atoms with Crippen LogP contribution in [0.3, 0.4) is 0 Å². The van der Waals surface area contributed by atoms with Crippen LogP contribution in [0.5, 0.6) is 0 Å². The number of carbonyl (C=O) groups is 1. The molecule has 2 aromatic carbocycles. The van der Waals surface area contributed by atoms with Crippen molar-refractivity contribution < 1.29 is 17.6 Å². The highest BCUT2D eigenvalue weighted by atomic mass is 32.2. The number of halogens is 1. The van der Waals surface area contributed by atoms with Crippen molar-refractivity contribution in [2.75, 3.05) is 44.2 Å². The van der Waals surface area contributed by atoms with Crippen molar-refractivity contribution >= 4 is 33.0 Å². The molecular weight excluding hydrogens is 499 g/mol. The van der Waals surface area contributed by atoms with Crippen LogP contribution < -0.4 is 14.9 Å². The molecule has 0 saturated carbocycles. The Morgan fingerprint density at radius 3 is 2.39 bits per heavy atom. The van der Waals surface area contributed by atoms with Crippen LogP contribution in [0.25, 0.3) is 0 Å². The van der Waals surface area contributed by atoms with Gasteiger partial charge in [-0.1, -0.05) is 48.5 Å². The van der Waals surface area contributed by atoms with Gasteiger partial charge in [-0.05, 0) is 48.5 Å². The number of nitrogens with zero attached hydrogens (tertiary/aromatic N) is 2. The summed E-state index contributed by atoms with van der Waals surface area (Å²) in [6.07, 6.45) is 0.996. The fourth-order valence-corrected chi connectivity index (χ4v) is 6.46. The number of sulfonamides is 1.